The van der Waals surface area contributed by atoms with E-state index in [-0.39, 0.29) is 0 Å². The number of ether oxygens (including phenoxy) is 3. The highest BCUT2D eigenvalue weighted by Crippen LogP contribution is 2.25. The number of hydrogen-bond donors (Lipinski definition) is 1. The van der Waals surface area contributed by atoms with Crippen molar-refractivity contribution in [1.29, 1.82) is 0 Å². The Labute approximate surface area is 132 Å². The Morgan fingerprint density at radius 1 is 0.818 bits per heavy atom. The molecule has 4 nitrogen and oxygen atoms in total. The molecule has 0 aromatic heterocycles. The maximum absolute atomic E-state index is 5.71. The van der Waals surface area contributed by atoms with E-state index in [4.69, 9.17) is 14.2 Å². The van der Waals surface area contributed by atoms with Crippen LogP contribution >= 0.6 is 0 Å². The first kappa shape index (κ1) is 16.2. The van der Waals surface area contributed by atoms with Crippen LogP contribution < -0.4 is 19.5 Å². The number of rotatable bonds is 9. The number of benzene rings is 2. The van der Waals surface area contributed by atoms with Crippen LogP contribution in [0.3, 0.4) is 0 Å². The summed E-state index contributed by atoms with van der Waals surface area (Å²) >= 11 is 0. The summed E-state index contributed by atoms with van der Waals surface area (Å²) in [5.41, 5.74) is 1.29. The molecule has 2 aromatic rings. The fourth-order valence-corrected chi connectivity index (χ4v) is 2.12. The van der Waals surface area contributed by atoms with Gasteiger partial charge in [-0.15, -0.1) is 0 Å². The van der Waals surface area contributed by atoms with Gasteiger partial charge in [0.1, 0.15) is 12.4 Å². The molecule has 2 rings (SSSR count). The summed E-state index contributed by atoms with van der Waals surface area (Å²) in [4.78, 5) is 0. The minimum atomic E-state index is 0.614. The molecule has 0 fully saturated rings. The van der Waals surface area contributed by atoms with Gasteiger partial charge in [-0.2, -0.15) is 0 Å². The van der Waals surface area contributed by atoms with E-state index in [0.717, 1.165) is 36.8 Å². The highest BCUT2D eigenvalue weighted by molar-refractivity contribution is 5.39. The molecule has 2 aromatic carbocycles. The quantitative estimate of drug-likeness (QED) is 0.723. The summed E-state index contributed by atoms with van der Waals surface area (Å²) in [6.07, 6.45) is 0.985. The zero-order valence-corrected chi connectivity index (χ0v) is 13.2. The predicted octanol–water partition coefficient (Wildman–Crippen LogP) is 2.91. The second-order valence-corrected chi connectivity index (χ2v) is 4.85. The summed E-state index contributed by atoms with van der Waals surface area (Å²) in [6, 6.07) is 15.8. The molecule has 1 N–H and O–H groups in total. The lowest BCUT2D eigenvalue weighted by Crippen LogP contribution is -2.23. The first-order valence-electron chi connectivity index (χ1n) is 7.43. The molecule has 0 saturated heterocycles. The smallest absolute Gasteiger partial charge is 0.161 e. The Morgan fingerprint density at radius 2 is 1.55 bits per heavy atom. The van der Waals surface area contributed by atoms with E-state index in [0.29, 0.717) is 6.61 Å². The van der Waals surface area contributed by atoms with Crippen LogP contribution in [0, 0.1) is 0 Å². The molecule has 0 aliphatic rings. The van der Waals surface area contributed by atoms with Crippen molar-refractivity contribution in [2.75, 3.05) is 33.9 Å². The van der Waals surface area contributed by atoms with E-state index in [1.54, 1.807) is 14.2 Å². The van der Waals surface area contributed by atoms with Crippen LogP contribution in [0.25, 0.3) is 0 Å². The lowest BCUT2D eigenvalue weighted by Gasteiger charge is -2.11. The molecule has 0 heterocycles. The predicted molar refractivity (Wildman–Crippen MR) is 88.1 cm³/mol. The fourth-order valence-electron chi connectivity index (χ4n) is 2.12. The summed E-state index contributed by atoms with van der Waals surface area (Å²) in [5.74, 6) is 2.43. The largest absolute Gasteiger partial charge is 0.497 e. The molecule has 4 heteroatoms. The number of para-hydroxylation sites is 2. The third-order valence-corrected chi connectivity index (χ3v) is 3.35. The van der Waals surface area contributed by atoms with Gasteiger partial charge in [-0.25, -0.2) is 0 Å². The van der Waals surface area contributed by atoms with E-state index < -0.39 is 0 Å². The van der Waals surface area contributed by atoms with Gasteiger partial charge in [0.15, 0.2) is 11.5 Å². The summed E-state index contributed by atoms with van der Waals surface area (Å²) in [7, 11) is 3.33. The molecular formula is C18H23NO3. The summed E-state index contributed by atoms with van der Waals surface area (Å²) in [6.45, 7) is 2.33. The van der Waals surface area contributed by atoms with Crippen LogP contribution in [0.2, 0.25) is 0 Å². The molecule has 22 heavy (non-hydrogen) atoms. The van der Waals surface area contributed by atoms with Crippen LogP contribution in [0.4, 0.5) is 0 Å². The fraction of sp³-hybridized carbons (Fsp3) is 0.333. The Morgan fingerprint density at radius 3 is 2.23 bits per heavy atom. The van der Waals surface area contributed by atoms with Gasteiger partial charge < -0.3 is 19.5 Å². The highest BCUT2D eigenvalue weighted by Gasteiger charge is 2.01. The van der Waals surface area contributed by atoms with Gasteiger partial charge in [-0.05, 0) is 42.8 Å². The average Bonchev–Trinajstić information content (AvgIpc) is 2.58. The van der Waals surface area contributed by atoms with Crippen LogP contribution in [0.1, 0.15) is 5.56 Å². The van der Waals surface area contributed by atoms with Gasteiger partial charge in [0.25, 0.3) is 0 Å². The van der Waals surface area contributed by atoms with Crippen LogP contribution in [0.15, 0.2) is 48.5 Å². The average molecular weight is 301 g/mol. The van der Waals surface area contributed by atoms with Crippen molar-refractivity contribution in [2.24, 2.45) is 0 Å². The first-order chi connectivity index (χ1) is 10.8. The van der Waals surface area contributed by atoms with Gasteiger partial charge in [0.2, 0.25) is 0 Å². The van der Waals surface area contributed by atoms with Gasteiger partial charge in [0.05, 0.1) is 14.2 Å². The third kappa shape index (κ3) is 4.97. The second kappa shape index (κ2) is 8.95. The van der Waals surface area contributed by atoms with E-state index in [1.165, 1.54) is 5.56 Å². The topological polar surface area (TPSA) is 39.7 Å². The second-order valence-electron chi connectivity index (χ2n) is 4.85. The molecule has 0 bridgehead atoms. The van der Waals surface area contributed by atoms with Crippen molar-refractivity contribution in [3.8, 4) is 17.2 Å². The van der Waals surface area contributed by atoms with Crippen molar-refractivity contribution in [1.82, 2.24) is 5.32 Å². The minimum absolute atomic E-state index is 0.614. The lowest BCUT2D eigenvalue weighted by molar-refractivity contribution is 0.292. The molecule has 0 aliphatic carbocycles. The normalized spacial score (nSPS) is 10.3. The third-order valence-electron chi connectivity index (χ3n) is 3.35. The van der Waals surface area contributed by atoms with E-state index in [9.17, 15) is 0 Å². The summed E-state index contributed by atoms with van der Waals surface area (Å²) in [5, 5.41) is 3.37. The van der Waals surface area contributed by atoms with Crippen molar-refractivity contribution in [3.63, 3.8) is 0 Å². The molecule has 0 saturated carbocycles. The highest BCUT2D eigenvalue weighted by atomic mass is 16.5. The van der Waals surface area contributed by atoms with E-state index >= 15 is 0 Å². The van der Waals surface area contributed by atoms with E-state index in [2.05, 4.69) is 17.4 Å². The van der Waals surface area contributed by atoms with Crippen LogP contribution in [0.5, 0.6) is 17.2 Å². The minimum Gasteiger partial charge on any atom is -0.497 e. The molecule has 0 atom stereocenters. The molecular weight excluding hydrogens is 278 g/mol. The maximum Gasteiger partial charge on any atom is 0.161 e. The molecule has 118 valence electrons. The SMILES string of the molecule is COc1ccc(CCNCCOc2ccccc2OC)cc1. The van der Waals surface area contributed by atoms with Gasteiger partial charge in [-0.1, -0.05) is 24.3 Å². The standard InChI is InChI=1S/C18H23NO3/c1-20-16-9-7-15(8-10-16)11-12-19-13-14-22-18-6-4-3-5-17(18)21-2/h3-10,19H,11-14H2,1-2H3. The monoisotopic (exact) mass is 301 g/mol. The Kier molecular flexibility index (Phi) is 6.58. The van der Waals surface area contributed by atoms with E-state index in [1.807, 2.05) is 36.4 Å². The van der Waals surface area contributed by atoms with Crippen molar-refractivity contribution >= 4 is 0 Å². The van der Waals surface area contributed by atoms with Gasteiger partial charge >= 0.3 is 0 Å². The van der Waals surface area contributed by atoms with Crippen molar-refractivity contribution in [2.45, 2.75) is 6.42 Å². The maximum atomic E-state index is 5.71. The zero-order chi connectivity index (χ0) is 15.6. The van der Waals surface area contributed by atoms with Gasteiger partial charge in [0, 0.05) is 6.54 Å². The number of nitrogens with one attached hydrogen (secondary N) is 1. The first-order valence-corrected chi connectivity index (χ1v) is 7.43. The lowest BCUT2D eigenvalue weighted by atomic mass is 10.1. The van der Waals surface area contributed by atoms with Crippen molar-refractivity contribution in [3.05, 3.63) is 54.1 Å². The number of hydrogen-bond acceptors (Lipinski definition) is 4. The van der Waals surface area contributed by atoms with Crippen LogP contribution in [-0.4, -0.2) is 33.9 Å². The molecule has 0 amide bonds. The Hall–Kier alpha value is -2.20. The molecule has 0 aliphatic heterocycles. The molecule has 0 radical (unpaired) electrons. The van der Waals surface area contributed by atoms with Crippen molar-refractivity contribution < 1.29 is 14.2 Å². The van der Waals surface area contributed by atoms with Crippen LogP contribution in [-0.2, 0) is 6.42 Å². The number of methoxy groups -OCH3 is 2. The summed E-state index contributed by atoms with van der Waals surface area (Å²) < 4.78 is 16.1. The Bertz CT molecular complexity index is 555. The van der Waals surface area contributed by atoms with Gasteiger partial charge in [-0.3, -0.25) is 0 Å². The zero-order valence-electron chi connectivity index (χ0n) is 13.2. The molecule has 0 unspecified atom stereocenters. The Balaban J connectivity index is 1.63. The molecule has 0 spiro atoms.